The van der Waals surface area contributed by atoms with Crippen LogP contribution in [0, 0.1) is 0 Å². The zero-order chi connectivity index (χ0) is 13.2. The zero-order valence-electron chi connectivity index (χ0n) is 11.2. The lowest BCUT2D eigenvalue weighted by atomic mass is 9.97. The predicted octanol–water partition coefficient (Wildman–Crippen LogP) is 2.95. The Hall–Kier alpha value is -0.570. The molecule has 2 nitrogen and oxygen atoms in total. The van der Waals surface area contributed by atoms with E-state index in [1.165, 1.54) is 11.1 Å². The van der Waals surface area contributed by atoms with Crippen molar-refractivity contribution in [2.24, 2.45) is 0 Å². The van der Waals surface area contributed by atoms with Gasteiger partial charge in [0.25, 0.3) is 0 Å². The summed E-state index contributed by atoms with van der Waals surface area (Å²) in [5, 5.41) is 14.6. The Morgan fingerprint density at radius 1 is 1.28 bits per heavy atom. The molecule has 0 radical (unpaired) electrons. The second kappa shape index (κ2) is 5.60. The van der Waals surface area contributed by atoms with E-state index in [0.29, 0.717) is 12.6 Å². The van der Waals surface area contributed by atoms with Crippen molar-refractivity contribution in [1.29, 1.82) is 0 Å². The third-order valence-electron chi connectivity index (χ3n) is 4.14. The Balaban J connectivity index is 1.92. The summed E-state index contributed by atoms with van der Waals surface area (Å²) >= 11 is 6.01. The molecule has 1 unspecified atom stereocenters. The molecule has 0 spiro atoms. The fourth-order valence-corrected chi connectivity index (χ4v) is 2.76. The summed E-state index contributed by atoms with van der Waals surface area (Å²) in [6, 6.07) is 6.57. The third-order valence-corrected chi connectivity index (χ3v) is 4.37. The maximum Gasteiger partial charge on any atom is 0.0766 e. The van der Waals surface area contributed by atoms with Crippen LogP contribution in [0.4, 0.5) is 0 Å². The van der Waals surface area contributed by atoms with Crippen LogP contribution < -0.4 is 5.32 Å². The van der Waals surface area contributed by atoms with Gasteiger partial charge < -0.3 is 10.4 Å². The van der Waals surface area contributed by atoms with Crippen LogP contribution in [0.3, 0.4) is 0 Å². The van der Waals surface area contributed by atoms with E-state index in [4.69, 9.17) is 11.6 Å². The molecule has 100 valence electrons. The Kier molecular flexibility index (Phi) is 4.31. The van der Waals surface area contributed by atoms with Crippen LogP contribution in [0.15, 0.2) is 18.2 Å². The molecule has 0 saturated carbocycles. The molecule has 2 rings (SSSR count). The summed E-state index contributed by atoms with van der Waals surface area (Å²) in [5.41, 5.74) is 2.16. The minimum absolute atomic E-state index is 0.433. The van der Waals surface area contributed by atoms with Crippen molar-refractivity contribution in [3.63, 3.8) is 0 Å². The Bertz CT molecular complexity index is 415. The van der Waals surface area contributed by atoms with Gasteiger partial charge in [-0.15, -0.1) is 0 Å². The maximum absolute atomic E-state index is 10.3. The summed E-state index contributed by atoms with van der Waals surface area (Å²) in [4.78, 5) is 0. The van der Waals surface area contributed by atoms with Crippen molar-refractivity contribution in [3.8, 4) is 0 Å². The minimum atomic E-state index is -0.563. The number of aliphatic hydroxyl groups is 1. The predicted molar refractivity (Wildman–Crippen MR) is 76.2 cm³/mol. The van der Waals surface area contributed by atoms with Crippen LogP contribution in [0.25, 0.3) is 0 Å². The molecule has 0 aliphatic heterocycles. The first-order chi connectivity index (χ1) is 8.56. The summed E-state index contributed by atoms with van der Waals surface area (Å²) in [6.45, 7) is 4.75. The van der Waals surface area contributed by atoms with E-state index in [0.717, 1.165) is 30.7 Å². The molecule has 1 aromatic rings. The van der Waals surface area contributed by atoms with Crippen LogP contribution in [0.1, 0.15) is 37.8 Å². The average molecular weight is 268 g/mol. The highest BCUT2D eigenvalue weighted by molar-refractivity contribution is 6.30. The molecule has 2 N–H and O–H groups in total. The lowest BCUT2D eigenvalue weighted by molar-refractivity contribution is 0.0301. The molecule has 0 fully saturated rings. The van der Waals surface area contributed by atoms with Crippen molar-refractivity contribution in [1.82, 2.24) is 5.32 Å². The van der Waals surface area contributed by atoms with E-state index >= 15 is 0 Å². The van der Waals surface area contributed by atoms with Gasteiger partial charge in [0, 0.05) is 17.6 Å². The largest absolute Gasteiger partial charge is 0.389 e. The van der Waals surface area contributed by atoms with Crippen LogP contribution in [0.2, 0.25) is 5.02 Å². The summed E-state index contributed by atoms with van der Waals surface area (Å²) < 4.78 is 0. The van der Waals surface area contributed by atoms with Gasteiger partial charge >= 0.3 is 0 Å². The molecule has 1 aliphatic carbocycles. The highest BCUT2D eigenvalue weighted by atomic mass is 35.5. The van der Waals surface area contributed by atoms with Gasteiger partial charge in [-0.25, -0.2) is 0 Å². The lowest BCUT2D eigenvalue weighted by Crippen LogP contribution is -2.44. The molecule has 18 heavy (non-hydrogen) atoms. The molecule has 0 aromatic heterocycles. The maximum atomic E-state index is 10.3. The first kappa shape index (κ1) is 13.9. The fourth-order valence-electron chi connectivity index (χ4n) is 2.57. The first-order valence-electron chi connectivity index (χ1n) is 6.79. The molecule has 0 amide bonds. The Morgan fingerprint density at radius 3 is 2.61 bits per heavy atom. The average Bonchev–Trinajstić information content (AvgIpc) is 2.78. The van der Waals surface area contributed by atoms with E-state index < -0.39 is 5.60 Å². The Labute approximate surface area is 114 Å². The number of benzene rings is 1. The number of fused-ring (bicyclic) bond motifs is 1. The van der Waals surface area contributed by atoms with Gasteiger partial charge in [0.1, 0.15) is 0 Å². The first-order valence-corrected chi connectivity index (χ1v) is 7.17. The number of halogens is 1. The molecule has 0 saturated heterocycles. The van der Waals surface area contributed by atoms with Crippen molar-refractivity contribution in [2.45, 2.75) is 51.2 Å². The quantitative estimate of drug-likeness (QED) is 0.860. The van der Waals surface area contributed by atoms with Gasteiger partial charge in [0.2, 0.25) is 0 Å². The van der Waals surface area contributed by atoms with Gasteiger partial charge in [-0.2, -0.15) is 0 Å². The van der Waals surface area contributed by atoms with E-state index in [1.54, 1.807) is 0 Å². The fraction of sp³-hybridized carbons (Fsp3) is 0.600. The monoisotopic (exact) mass is 267 g/mol. The second-order valence-corrected chi connectivity index (χ2v) is 5.77. The van der Waals surface area contributed by atoms with Gasteiger partial charge in [0.15, 0.2) is 0 Å². The topological polar surface area (TPSA) is 32.3 Å². The molecular formula is C15H22ClNO. The molecular weight excluding hydrogens is 246 g/mol. The number of nitrogens with one attached hydrogen (secondary N) is 1. The van der Waals surface area contributed by atoms with Gasteiger partial charge in [-0.1, -0.05) is 31.5 Å². The lowest BCUT2D eigenvalue weighted by Gasteiger charge is -2.27. The van der Waals surface area contributed by atoms with E-state index in [-0.39, 0.29) is 0 Å². The zero-order valence-corrected chi connectivity index (χ0v) is 11.9. The highest BCUT2D eigenvalue weighted by Gasteiger charge is 2.26. The van der Waals surface area contributed by atoms with Gasteiger partial charge in [-0.3, -0.25) is 0 Å². The number of hydrogen-bond acceptors (Lipinski definition) is 2. The van der Waals surface area contributed by atoms with Crippen molar-refractivity contribution in [3.05, 3.63) is 34.3 Å². The molecule has 1 aromatic carbocycles. The number of hydrogen-bond donors (Lipinski definition) is 2. The SMILES string of the molecule is CCC(O)(CC)CNC1Cc2ccc(Cl)cc2C1. The molecule has 0 bridgehead atoms. The second-order valence-electron chi connectivity index (χ2n) is 5.33. The minimum Gasteiger partial charge on any atom is -0.389 e. The van der Waals surface area contributed by atoms with E-state index in [1.807, 2.05) is 19.9 Å². The normalized spacial score (nSPS) is 19.0. The molecule has 1 aliphatic rings. The van der Waals surface area contributed by atoms with Crippen LogP contribution in [-0.2, 0) is 12.8 Å². The molecule has 3 heteroatoms. The van der Waals surface area contributed by atoms with Crippen LogP contribution in [-0.4, -0.2) is 23.3 Å². The van der Waals surface area contributed by atoms with Crippen LogP contribution in [0.5, 0.6) is 0 Å². The third kappa shape index (κ3) is 3.05. The molecule has 1 atom stereocenters. The van der Waals surface area contributed by atoms with Crippen molar-refractivity contribution >= 4 is 11.6 Å². The standard InChI is InChI=1S/C15H22ClNO/c1-3-15(18,4-2)10-17-14-8-11-5-6-13(16)7-12(11)9-14/h5-7,14,17-18H,3-4,8-10H2,1-2H3. The van der Waals surface area contributed by atoms with Gasteiger partial charge in [0.05, 0.1) is 5.60 Å². The Morgan fingerprint density at radius 2 is 1.94 bits per heavy atom. The van der Waals surface area contributed by atoms with E-state index in [9.17, 15) is 5.11 Å². The number of rotatable bonds is 5. The smallest absolute Gasteiger partial charge is 0.0766 e. The summed E-state index contributed by atoms with van der Waals surface area (Å²) in [6.07, 6.45) is 3.64. The van der Waals surface area contributed by atoms with E-state index in [2.05, 4.69) is 17.4 Å². The summed E-state index contributed by atoms with van der Waals surface area (Å²) in [7, 11) is 0. The van der Waals surface area contributed by atoms with Crippen molar-refractivity contribution < 1.29 is 5.11 Å². The highest BCUT2D eigenvalue weighted by Crippen LogP contribution is 2.25. The van der Waals surface area contributed by atoms with Crippen molar-refractivity contribution in [2.75, 3.05) is 6.54 Å². The summed E-state index contributed by atoms with van der Waals surface area (Å²) in [5.74, 6) is 0. The van der Waals surface area contributed by atoms with Crippen LogP contribution >= 0.6 is 11.6 Å². The molecule has 0 heterocycles. The van der Waals surface area contributed by atoms with Gasteiger partial charge in [-0.05, 0) is 48.9 Å².